The van der Waals surface area contributed by atoms with Gasteiger partial charge in [0.1, 0.15) is 5.82 Å². The minimum absolute atomic E-state index is 0.0268. The van der Waals surface area contributed by atoms with E-state index in [1.54, 1.807) is 6.07 Å². The molecule has 1 aromatic carbocycles. The lowest BCUT2D eigenvalue weighted by molar-refractivity contribution is -0.121. The number of carbonyl (C=O) groups is 1. The molecule has 110 valence electrons. The van der Waals surface area contributed by atoms with Crippen LogP contribution in [0.2, 0.25) is 0 Å². The molecule has 2 N–H and O–H groups in total. The summed E-state index contributed by atoms with van der Waals surface area (Å²) in [4.78, 5) is 11.8. The minimum Gasteiger partial charge on any atom is -0.350 e. The molecule has 1 aliphatic carbocycles. The van der Waals surface area contributed by atoms with Gasteiger partial charge < -0.3 is 10.6 Å². The molecule has 4 heteroatoms. The quantitative estimate of drug-likeness (QED) is 0.892. The smallest absolute Gasteiger partial charge is 0.234 e. The van der Waals surface area contributed by atoms with Crippen LogP contribution in [0.5, 0.6) is 0 Å². The second-order valence-electron chi connectivity index (χ2n) is 6.47. The van der Waals surface area contributed by atoms with Crippen molar-refractivity contribution in [1.29, 1.82) is 0 Å². The summed E-state index contributed by atoms with van der Waals surface area (Å²) in [5, 5.41) is 6.17. The van der Waals surface area contributed by atoms with E-state index >= 15 is 0 Å². The third-order valence-corrected chi connectivity index (χ3v) is 3.45. The normalized spacial score (nSPS) is 18.5. The van der Waals surface area contributed by atoms with Gasteiger partial charge >= 0.3 is 0 Å². The van der Waals surface area contributed by atoms with Crippen LogP contribution < -0.4 is 10.6 Å². The Balaban J connectivity index is 1.98. The predicted molar refractivity (Wildman–Crippen MR) is 78.0 cm³/mol. The van der Waals surface area contributed by atoms with Crippen LogP contribution in [0.3, 0.4) is 0 Å². The summed E-state index contributed by atoms with van der Waals surface area (Å²) in [6.07, 6.45) is 3.00. The number of nitrogens with one attached hydrogen (secondary N) is 2. The average molecular weight is 278 g/mol. The molecule has 1 atom stereocenters. The molecule has 0 aliphatic heterocycles. The zero-order valence-corrected chi connectivity index (χ0v) is 12.4. The number of hydrogen-bond donors (Lipinski definition) is 2. The topological polar surface area (TPSA) is 41.1 Å². The van der Waals surface area contributed by atoms with Gasteiger partial charge in [0.25, 0.3) is 0 Å². The van der Waals surface area contributed by atoms with E-state index < -0.39 is 0 Å². The van der Waals surface area contributed by atoms with Gasteiger partial charge in [0, 0.05) is 11.6 Å². The molecule has 0 bridgehead atoms. The van der Waals surface area contributed by atoms with Crippen LogP contribution in [-0.4, -0.2) is 18.0 Å². The first-order valence-corrected chi connectivity index (χ1v) is 7.18. The second kappa shape index (κ2) is 5.92. The molecule has 0 aromatic heterocycles. The maximum absolute atomic E-state index is 13.4. The van der Waals surface area contributed by atoms with E-state index in [0.29, 0.717) is 0 Å². The molecule has 0 heterocycles. The third kappa shape index (κ3) is 4.04. The summed E-state index contributed by atoms with van der Waals surface area (Å²) in [6, 6.07) is 5.02. The van der Waals surface area contributed by atoms with Crippen LogP contribution in [-0.2, 0) is 11.2 Å². The number of hydrogen-bond acceptors (Lipinski definition) is 2. The Labute approximate surface area is 120 Å². The summed E-state index contributed by atoms with van der Waals surface area (Å²) < 4.78 is 13.4. The first kappa shape index (κ1) is 15.0. The number of aryl methyl sites for hydroxylation is 1. The zero-order chi connectivity index (χ0) is 14.8. The maximum atomic E-state index is 13.4. The molecule has 0 radical (unpaired) electrons. The largest absolute Gasteiger partial charge is 0.350 e. The van der Waals surface area contributed by atoms with Crippen LogP contribution in [0.25, 0.3) is 0 Å². The van der Waals surface area contributed by atoms with Crippen LogP contribution in [0.1, 0.15) is 50.8 Å². The lowest BCUT2D eigenvalue weighted by atomic mass is 9.87. The molecular formula is C16H23FN2O. The number of benzene rings is 1. The Kier molecular flexibility index (Phi) is 4.43. The summed E-state index contributed by atoms with van der Waals surface area (Å²) in [5.74, 6) is -0.238. The average Bonchev–Trinajstić information content (AvgIpc) is 2.34. The number of carbonyl (C=O) groups excluding carboxylic acids is 1. The highest BCUT2D eigenvalue weighted by atomic mass is 19.1. The van der Waals surface area contributed by atoms with Crippen molar-refractivity contribution in [2.24, 2.45) is 0 Å². The van der Waals surface area contributed by atoms with Crippen molar-refractivity contribution in [3.05, 3.63) is 35.1 Å². The molecule has 1 aromatic rings. The second-order valence-corrected chi connectivity index (χ2v) is 6.47. The van der Waals surface area contributed by atoms with Gasteiger partial charge in [-0.05, 0) is 63.3 Å². The fourth-order valence-corrected chi connectivity index (χ4v) is 2.66. The van der Waals surface area contributed by atoms with Gasteiger partial charge in [0.2, 0.25) is 5.91 Å². The standard InChI is InChI=1S/C16H23FN2O/c1-16(2,3)19-15(20)10-18-14-6-4-5-11-7-8-12(17)9-13(11)14/h7-9,14,18H,4-6,10H2,1-3H3,(H,19,20)/t14-/m0/s1. The highest BCUT2D eigenvalue weighted by Crippen LogP contribution is 2.30. The van der Waals surface area contributed by atoms with Crippen molar-refractivity contribution in [3.63, 3.8) is 0 Å². The summed E-state index contributed by atoms with van der Waals surface area (Å²) in [7, 11) is 0. The first-order chi connectivity index (χ1) is 9.35. The molecule has 0 fully saturated rings. The Morgan fingerprint density at radius 2 is 2.15 bits per heavy atom. The van der Waals surface area contributed by atoms with Gasteiger partial charge in [0.05, 0.1) is 6.54 Å². The van der Waals surface area contributed by atoms with E-state index in [0.717, 1.165) is 24.8 Å². The first-order valence-electron chi connectivity index (χ1n) is 7.18. The number of amides is 1. The molecule has 0 saturated carbocycles. The highest BCUT2D eigenvalue weighted by molar-refractivity contribution is 5.78. The van der Waals surface area contributed by atoms with Crippen LogP contribution in [0, 0.1) is 5.82 Å². The van der Waals surface area contributed by atoms with Crippen molar-refractivity contribution < 1.29 is 9.18 Å². The molecule has 0 saturated heterocycles. The summed E-state index contributed by atoms with van der Waals surface area (Å²) >= 11 is 0. The highest BCUT2D eigenvalue weighted by Gasteiger charge is 2.21. The lowest BCUT2D eigenvalue weighted by Gasteiger charge is -2.27. The van der Waals surface area contributed by atoms with E-state index in [4.69, 9.17) is 0 Å². The lowest BCUT2D eigenvalue weighted by Crippen LogP contribution is -2.45. The monoisotopic (exact) mass is 278 g/mol. The Bertz CT molecular complexity index is 494. The van der Waals surface area contributed by atoms with Crippen LogP contribution in [0.15, 0.2) is 18.2 Å². The number of fused-ring (bicyclic) bond motifs is 1. The van der Waals surface area contributed by atoms with Gasteiger partial charge in [-0.15, -0.1) is 0 Å². The molecule has 1 aliphatic rings. The van der Waals surface area contributed by atoms with E-state index in [1.807, 2.05) is 26.8 Å². The number of halogens is 1. The van der Waals surface area contributed by atoms with E-state index in [1.165, 1.54) is 11.6 Å². The molecule has 3 nitrogen and oxygen atoms in total. The predicted octanol–water partition coefficient (Wildman–Crippen LogP) is 2.71. The SMILES string of the molecule is CC(C)(C)NC(=O)CN[C@H]1CCCc2ccc(F)cc21. The van der Waals surface area contributed by atoms with Gasteiger partial charge in [-0.25, -0.2) is 4.39 Å². The molecule has 2 rings (SSSR count). The summed E-state index contributed by atoms with van der Waals surface area (Å²) in [5.41, 5.74) is 1.96. The van der Waals surface area contributed by atoms with Crippen molar-refractivity contribution in [1.82, 2.24) is 10.6 Å². The Morgan fingerprint density at radius 1 is 1.40 bits per heavy atom. The van der Waals surface area contributed by atoms with Crippen molar-refractivity contribution in [3.8, 4) is 0 Å². The maximum Gasteiger partial charge on any atom is 0.234 e. The van der Waals surface area contributed by atoms with E-state index in [2.05, 4.69) is 10.6 Å². The van der Waals surface area contributed by atoms with Crippen molar-refractivity contribution in [2.45, 2.75) is 51.6 Å². The summed E-state index contributed by atoms with van der Waals surface area (Å²) in [6.45, 7) is 6.13. The minimum atomic E-state index is -0.227. The number of rotatable bonds is 3. The van der Waals surface area contributed by atoms with E-state index in [-0.39, 0.29) is 29.8 Å². The van der Waals surface area contributed by atoms with Gasteiger partial charge in [0.15, 0.2) is 0 Å². The fraction of sp³-hybridized carbons (Fsp3) is 0.562. The zero-order valence-electron chi connectivity index (χ0n) is 12.4. The van der Waals surface area contributed by atoms with Gasteiger partial charge in [-0.1, -0.05) is 6.07 Å². The van der Waals surface area contributed by atoms with Crippen molar-refractivity contribution >= 4 is 5.91 Å². The van der Waals surface area contributed by atoms with Crippen LogP contribution in [0.4, 0.5) is 4.39 Å². The van der Waals surface area contributed by atoms with Gasteiger partial charge in [-0.2, -0.15) is 0 Å². The fourth-order valence-electron chi connectivity index (χ4n) is 2.66. The Hall–Kier alpha value is -1.42. The molecule has 20 heavy (non-hydrogen) atoms. The molecular weight excluding hydrogens is 255 g/mol. The van der Waals surface area contributed by atoms with E-state index in [9.17, 15) is 9.18 Å². The molecule has 0 spiro atoms. The van der Waals surface area contributed by atoms with Gasteiger partial charge in [-0.3, -0.25) is 4.79 Å². The molecule has 0 unspecified atom stereocenters. The Morgan fingerprint density at radius 3 is 2.85 bits per heavy atom. The van der Waals surface area contributed by atoms with Crippen LogP contribution >= 0.6 is 0 Å². The van der Waals surface area contributed by atoms with Crippen molar-refractivity contribution in [2.75, 3.05) is 6.54 Å². The molecule has 1 amide bonds. The third-order valence-electron chi connectivity index (χ3n) is 3.45.